The van der Waals surface area contributed by atoms with E-state index in [4.69, 9.17) is 4.74 Å². The van der Waals surface area contributed by atoms with E-state index in [9.17, 15) is 42.3 Å². The lowest BCUT2D eigenvalue weighted by atomic mass is 9.83. The van der Waals surface area contributed by atoms with Crippen LogP contribution in [0.3, 0.4) is 0 Å². The Balaban J connectivity index is 0.00000625. The molecule has 0 saturated carbocycles. The molecule has 2 aromatic rings. The number of ketones is 1. The lowest BCUT2D eigenvalue weighted by molar-refractivity contribution is -0.146. The largest absolute Gasteiger partial charge is 0.482 e. The molecule has 13 heteroatoms. The van der Waals surface area contributed by atoms with E-state index >= 15 is 0 Å². The van der Waals surface area contributed by atoms with E-state index < -0.39 is 82.7 Å². The molecule has 3 rings (SSSR count). The summed E-state index contributed by atoms with van der Waals surface area (Å²) in [5.41, 5.74) is -0.793. The molecule has 0 radical (unpaired) electrons. The first-order chi connectivity index (χ1) is 22.5. The van der Waals surface area contributed by atoms with Crippen LogP contribution >= 0.6 is 0 Å². The first-order valence-corrected chi connectivity index (χ1v) is 15.7. The molecule has 0 aliphatic carbocycles. The molecule has 2 atom stereocenters. The second-order valence-corrected chi connectivity index (χ2v) is 13.1. The SMILES string of the molecule is CC/C=C/c1c(F)cc(F)c(F)c1OCC(=O)[C@H](CC(=O)O)NC(=O)[C@@]1(C)CCCCN(C(=O)C(=O)Nc2ccccc2C(C)(C)C)C1.[HH].[HH]. The molecular weight excluding hydrogens is 631 g/mol. The van der Waals surface area contributed by atoms with Crippen LogP contribution in [-0.2, 0) is 29.4 Å². The van der Waals surface area contributed by atoms with Crippen molar-refractivity contribution in [1.82, 2.24) is 10.2 Å². The third kappa shape index (κ3) is 9.45. The number of rotatable bonds is 11. The first kappa shape index (κ1) is 37.8. The molecule has 10 nitrogen and oxygen atoms in total. The lowest BCUT2D eigenvalue weighted by Gasteiger charge is -2.33. The summed E-state index contributed by atoms with van der Waals surface area (Å²) < 4.78 is 48.2. The molecule has 1 aliphatic heterocycles. The quantitative estimate of drug-likeness (QED) is 0.199. The van der Waals surface area contributed by atoms with E-state index in [0.717, 1.165) is 11.6 Å². The highest BCUT2D eigenvalue weighted by Crippen LogP contribution is 2.32. The molecule has 3 N–H and O–H groups in total. The average molecular weight is 678 g/mol. The van der Waals surface area contributed by atoms with Gasteiger partial charge in [-0.3, -0.25) is 24.0 Å². The van der Waals surface area contributed by atoms with Gasteiger partial charge in [0.1, 0.15) is 18.5 Å². The molecule has 0 unspecified atom stereocenters. The van der Waals surface area contributed by atoms with Gasteiger partial charge in [-0.05, 0) is 43.2 Å². The third-order valence-electron chi connectivity index (χ3n) is 8.08. The Morgan fingerprint density at radius 2 is 1.79 bits per heavy atom. The van der Waals surface area contributed by atoms with Crippen LogP contribution in [0.25, 0.3) is 6.08 Å². The maximum Gasteiger partial charge on any atom is 0.313 e. The Morgan fingerprint density at radius 1 is 1.10 bits per heavy atom. The highest BCUT2D eigenvalue weighted by atomic mass is 19.2. The Kier molecular flexibility index (Phi) is 12.5. The summed E-state index contributed by atoms with van der Waals surface area (Å²) in [5, 5.41) is 14.6. The van der Waals surface area contributed by atoms with Crippen molar-refractivity contribution in [3.63, 3.8) is 0 Å². The maximum absolute atomic E-state index is 14.6. The van der Waals surface area contributed by atoms with Crippen molar-refractivity contribution in [2.45, 2.75) is 78.2 Å². The van der Waals surface area contributed by atoms with Crippen molar-refractivity contribution in [3.8, 4) is 5.75 Å². The third-order valence-corrected chi connectivity index (χ3v) is 8.08. The zero-order chi connectivity index (χ0) is 35.8. The number of carboxylic acids is 1. The van der Waals surface area contributed by atoms with Gasteiger partial charge in [0.05, 0.1) is 17.4 Å². The Morgan fingerprint density at radius 3 is 2.44 bits per heavy atom. The highest BCUT2D eigenvalue weighted by molar-refractivity contribution is 6.39. The van der Waals surface area contributed by atoms with E-state index in [1.54, 1.807) is 19.1 Å². The van der Waals surface area contributed by atoms with Crippen LogP contribution < -0.4 is 15.4 Å². The topological polar surface area (TPSA) is 142 Å². The normalized spacial score (nSPS) is 17.4. The molecule has 0 aromatic heterocycles. The predicted molar refractivity (Wildman–Crippen MR) is 177 cm³/mol. The van der Waals surface area contributed by atoms with E-state index in [1.807, 2.05) is 32.9 Å². The number of amides is 3. The summed E-state index contributed by atoms with van der Waals surface area (Å²) >= 11 is 0. The number of allylic oxidation sites excluding steroid dienone is 1. The number of nitrogens with one attached hydrogen (secondary N) is 2. The summed E-state index contributed by atoms with van der Waals surface area (Å²) in [6.45, 7) is 8.14. The van der Waals surface area contributed by atoms with Crippen molar-refractivity contribution in [2.75, 3.05) is 25.0 Å². The van der Waals surface area contributed by atoms with E-state index in [1.165, 1.54) is 17.9 Å². The molecule has 2 aromatic carbocycles. The van der Waals surface area contributed by atoms with Gasteiger partial charge >= 0.3 is 17.8 Å². The van der Waals surface area contributed by atoms with Crippen molar-refractivity contribution < 1.29 is 49.8 Å². The molecule has 264 valence electrons. The fourth-order valence-corrected chi connectivity index (χ4v) is 5.44. The number of carbonyl (C=O) groups excluding carboxylic acids is 4. The Hall–Kier alpha value is -4.68. The van der Waals surface area contributed by atoms with Crippen LogP contribution in [0, 0.1) is 22.9 Å². The standard InChI is InChI=1S/C35H42F3N3O7.2H2/c1-6-7-12-21-23(36)17-24(37)29(38)30(21)48-19-27(42)26(18-28(43)44)40-33(47)35(5)15-10-11-16-41(20-35)32(46)31(45)39-25-14-9-8-13-22(25)34(2,3)4;;/h7-9,12-14,17,26H,6,10-11,15-16,18-20H2,1-5H3,(H,39,45)(H,40,47)(H,43,44);2*1H/b12-7+;;/t26-,35-;;/m0../s1. The number of likely N-dealkylation sites (tertiary alicyclic amines) is 1. The summed E-state index contributed by atoms with van der Waals surface area (Å²) in [5.74, 6) is -10.0. The van der Waals surface area contributed by atoms with Gasteiger partial charge in [0, 0.05) is 27.7 Å². The van der Waals surface area contributed by atoms with Gasteiger partial charge in [-0.1, -0.05) is 64.5 Å². The first-order valence-electron chi connectivity index (χ1n) is 15.7. The number of carboxylic acid groups (broad SMARTS) is 1. The van der Waals surface area contributed by atoms with Crippen molar-refractivity contribution in [2.24, 2.45) is 5.41 Å². The number of benzene rings is 2. The predicted octanol–water partition coefficient (Wildman–Crippen LogP) is 5.88. The van der Waals surface area contributed by atoms with Gasteiger partial charge in [-0.2, -0.15) is 4.39 Å². The number of halogens is 3. The Labute approximate surface area is 280 Å². The number of nitrogens with zero attached hydrogens (tertiary/aromatic N) is 1. The number of para-hydroxylation sites is 1. The zero-order valence-corrected chi connectivity index (χ0v) is 27.8. The Bertz CT molecular complexity index is 1600. The number of Topliss-reactive ketones (excluding diaryl/α,β-unsaturated/α-hetero) is 1. The van der Waals surface area contributed by atoms with E-state index in [0.29, 0.717) is 31.0 Å². The van der Waals surface area contributed by atoms with Crippen molar-refractivity contribution in [1.29, 1.82) is 0 Å². The molecule has 1 heterocycles. The van der Waals surface area contributed by atoms with Gasteiger partial charge in [-0.25, -0.2) is 8.78 Å². The van der Waals surface area contributed by atoms with Gasteiger partial charge in [0.25, 0.3) is 0 Å². The number of aliphatic carboxylic acids is 1. The van der Waals surface area contributed by atoms with Crippen LogP contribution in [0.1, 0.15) is 80.7 Å². The zero-order valence-electron chi connectivity index (χ0n) is 27.8. The summed E-state index contributed by atoms with van der Waals surface area (Å²) in [6, 6.07) is 5.78. The summed E-state index contributed by atoms with van der Waals surface area (Å²) in [6.07, 6.45) is 3.41. The second kappa shape index (κ2) is 15.9. The number of hydrogen-bond acceptors (Lipinski definition) is 6. The monoisotopic (exact) mass is 677 g/mol. The molecule has 48 heavy (non-hydrogen) atoms. The fourth-order valence-electron chi connectivity index (χ4n) is 5.44. The highest BCUT2D eigenvalue weighted by Gasteiger charge is 2.41. The van der Waals surface area contributed by atoms with Crippen LogP contribution in [0.4, 0.5) is 18.9 Å². The van der Waals surface area contributed by atoms with Gasteiger partial charge in [0.2, 0.25) is 11.7 Å². The molecule has 3 amide bonds. The number of ether oxygens (including phenoxy) is 1. The van der Waals surface area contributed by atoms with Crippen molar-refractivity contribution >= 4 is 41.2 Å². The van der Waals surface area contributed by atoms with Gasteiger partial charge < -0.3 is 25.4 Å². The minimum absolute atomic E-state index is 0. The van der Waals surface area contributed by atoms with Crippen molar-refractivity contribution in [3.05, 3.63) is 65.0 Å². The van der Waals surface area contributed by atoms with Gasteiger partial charge in [-0.15, -0.1) is 0 Å². The van der Waals surface area contributed by atoms with Gasteiger partial charge in [0.15, 0.2) is 17.3 Å². The number of anilines is 1. The average Bonchev–Trinajstić information content (AvgIpc) is 3.22. The molecular formula is C35H46F3N3O7. The minimum Gasteiger partial charge on any atom is -0.482 e. The van der Waals surface area contributed by atoms with Crippen LogP contribution in [0.5, 0.6) is 5.75 Å². The minimum atomic E-state index is -1.66. The molecule has 1 saturated heterocycles. The van der Waals surface area contributed by atoms with Crippen LogP contribution in [0.2, 0.25) is 0 Å². The lowest BCUT2D eigenvalue weighted by Crippen LogP contribution is -2.53. The number of carbonyl (C=O) groups is 5. The number of hydrogen-bond donors (Lipinski definition) is 3. The maximum atomic E-state index is 14.6. The van der Waals surface area contributed by atoms with E-state index in [2.05, 4.69) is 10.6 Å². The smallest absolute Gasteiger partial charge is 0.313 e. The molecule has 1 fully saturated rings. The summed E-state index contributed by atoms with van der Waals surface area (Å²) in [7, 11) is 0. The van der Waals surface area contributed by atoms with Crippen LogP contribution in [-0.4, -0.2) is 65.2 Å². The fraction of sp³-hybridized carbons (Fsp3) is 0.457. The second-order valence-electron chi connectivity index (χ2n) is 13.1. The van der Waals surface area contributed by atoms with E-state index in [-0.39, 0.29) is 27.8 Å². The van der Waals surface area contributed by atoms with Crippen LogP contribution in [0.15, 0.2) is 36.4 Å². The molecule has 1 aliphatic rings. The summed E-state index contributed by atoms with van der Waals surface area (Å²) in [4.78, 5) is 66.1. The molecule has 0 bridgehead atoms. The molecule has 0 spiro atoms.